The fourth-order valence-electron chi connectivity index (χ4n) is 4.86. The molecular weight excluding hydrogens is 464 g/mol. The van der Waals surface area contributed by atoms with Gasteiger partial charge in [0, 0.05) is 5.57 Å². The van der Waals surface area contributed by atoms with E-state index in [1.165, 1.54) is 18.2 Å². The summed E-state index contributed by atoms with van der Waals surface area (Å²) in [4.78, 5) is 25.1. The lowest BCUT2D eigenvalue weighted by molar-refractivity contribution is -0.113. The third-order valence-electron chi connectivity index (χ3n) is 6.78. The standard InChI is InChI=1S/C36H24O2/c37-30-18-20-36(38)35(24-30)34-23-28(14-12-26-9-5-2-6-10-26)22-33-31(34)19-17-29-16-15-27(21-32(29)33)13-11-25-7-3-1-4-8-25/h1-24H. The van der Waals surface area contributed by atoms with Gasteiger partial charge in [0.2, 0.25) is 0 Å². The molecule has 0 bridgehead atoms. The Morgan fingerprint density at radius 3 is 1.79 bits per heavy atom. The summed E-state index contributed by atoms with van der Waals surface area (Å²) in [6.07, 6.45) is 12.5. The molecule has 0 spiro atoms. The van der Waals surface area contributed by atoms with Gasteiger partial charge >= 0.3 is 0 Å². The molecule has 5 aromatic rings. The Morgan fingerprint density at radius 1 is 0.474 bits per heavy atom. The van der Waals surface area contributed by atoms with Gasteiger partial charge in [-0.25, -0.2) is 0 Å². The Kier molecular flexibility index (Phi) is 6.21. The molecule has 0 aliphatic heterocycles. The maximum absolute atomic E-state index is 12.9. The molecule has 6 rings (SSSR count). The average molecular weight is 489 g/mol. The molecule has 2 heteroatoms. The van der Waals surface area contributed by atoms with E-state index in [4.69, 9.17) is 0 Å². The Morgan fingerprint density at radius 2 is 1.08 bits per heavy atom. The first-order chi connectivity index (χ1) is 18.6. The van der Waals surface area contributed by atoms with Gasteiger partial charge in [-0.3, -0.25) is 9.59 Å². The van der Waals surface area contributed by atoms with E-state index in [-0.39, 0.29) is 11.6 Å². The highest BCUT2D eigenvalue weighted by Gasteiger charge is 2.19. The zero-order valence-corrected chi connectivity index (χ0v) is 20.7. The van der Waals surface area contributed by atoms with E-state index in [1.54, 1.807) is 0 Å². The third kappa shape index (κ3) is 4.80. The Balaban J connectivity index is 1.54. The lowest BCUT2D eigenvalue weighted by Crippen LogP contribution is -2.07. The molecule has 0 N–H and O–H groups in total. The van der Waals surface area contributed by atoms with Crippen LogP contribution >= 0.6 is 0 Å². The first kappa shape index (κ1) is 23.3. The van der Waals surface area contributed by atoms with Gasteiger partial charge in [0.1, 0.15) is 0 Å². The molecular formula is C36H24O2. The molecule has 1 aliphatic rings. The molecule has 0 atom stereocenters. The smallest absolute Gasteiger partial charge is 0.186 e. The molecule has 0 saturated heterocycles. The Labute approximate surface area is 221 Å². The minimum atomic E-state index is -0.174. The van der Waals surface area contributed by atoms with Gasteiger partial charge in [0.15, 0.2) is 11.6 Å². The fourth-order valence-corrected chi connectivity index (χ4v) is 4.86. The second kappa shape index (κ2) is 10.1. The van der Waals surface area contributed by atoms with E-state index >= 15 is 0 Å². The molecule has 0 amide bonds. The highest BCUT2D eigenvalue weighted by atomic mass is 16.1. The number of hydrogen-bond acceptors (Lipinski definition) is 2. The summed E-state index contributed by atoms with van der Waals surface area (Å²) in [6.45, 7) is 0. The topological polar surface area (TPSA) is 34.1 Å². The van der Waals surface area contributed by atoms with Gasteiger partial charge in [-0.05, 0) is 85.8 Å². The van der Waals surface area contributed by atoms with Crippen LogP contribution in [0.5, 0.6) is 0 Å². The molecule has 0 aromatic heterocycles. The van der Waals surface area contributed by atoms with Crippen LogP contribution in [-0.2, 0) is 9.59 Å². The van der Waals surface area contributed by atoms with Crippen molar-refractivity contribution in [3.63, 3.8) is 0 Å². The third-order valence-corrected chi connectivity index (χ3v) is 6.78. The van der Waals surface area contributed by atoms with Crippen molar-refractivity contribution in [1.82, 2.24) is 0 Å². The summed E-state index contributed by atoms with van der Waals surface area (Å²) in [7, 11) is 0. The summed E-state index contributed by atoms with van der Waals surface area (Å²) < 4.78 is 0. The quantitative estimate of drug-likeness (QED) is 0.141. The molecule has 0 unspecified atom stereocenters. The summed E-state index contributed by atoms with van der Waals surface area (Å²) in [5.74, 6) is -0.332. The molecule has 180 valence electrons. The Hall–Kier alpha value is -5.08. The van der Waals surface area contributed by atoms with Crippen molar-refractivity contribution in [3.8, 4) is 0 Å². The van der Waals surface area contributed by atoms with Crippen LogP contribution in [0.3, 0.4) is 0 Å². The zero-order valence-electron chi connectivity index (χ0n) is 20.7. The van der Waals surface area contributed by atoms with E-state index in [1.807, 2.05) is 48.5 Å². The largest absolute Gasteiger partial charge is 0.290 e. The van der Waals surface area contributed by atoms with Crippen LogP contribution in [0.2, 0.25) is 0 Å². The summed E-state index contributed by atoms with van der Waals surface area (Å²) in [5, 5.41) is 4.20. The molecule has 1 aliphatic carbocycles. The van der Waals surface area contributed by atoms with Crippen molar-refractivity contribution in [2.45, 2.75) is 0 Å². The van der Waals surface area contributed by atoms with Gasteiger partial charge in [-0.15, -0.1) is 0 Å². The molecule has 0 heterocycles. The van der Waals surface area contributed by atoms with Crippen molar-refractivity contribution in [2.75, 3.05) is 0 Å². The van der Waals surface area contributed by atoms with Crippen molar-refractivity contribution < 1.29 is 9.59 Å². The predicted molar refractivity (Wildman–Crippen MR) is 159 cm³/mol. The van der Waals surface area contributed by atoms with Crippen molar-refractivity contribution in [2.24, 2.45) is 0 Å². The van der Waals surface area contributed by atoms with Crippen LogP contribution in [0, 0.1) is 0 Å². The molecule has 0 radical (unpaired) electrons. The molecule has 38 heavy (non-hydrogen) atoms. The number of carbonyl (C=O) groups excluding carboxylic acids is 2. The SMILES string of the molecule is O=C1C=CC(=O)C(c2cc(C=Cc3ccccc3)cc3c2ccc2ccc(C=Cc4ccccc4)cc23)=C1. The minimum Gasteiger partial charge on any atom is -0.290 e. The molecule has 2 nitrogen and oxygen atoms in total. The normalized spacial score (nSPS) is 13.7. The number of rotatable bonds is 5. The van der Waals surface area contributed by atoms with E-state index in [9.17, 15) is 9.59 Å². The second-order valence-corrected chi connectivity index (χ2v) is 9.36. The van der Waals surface area contributed by atoms with E-state index in [2.05, 4.69) is 78.9 Å². The molecule has 0 fully saturated rings. The fraction of sp³-hybridized carbons (Fsp3) is 0. The number of hydrogen-bond donors (Lipinski definition) is 0. The second-order valence-electron chi connectivity index (χ2n) is 9.36. The number of fused-ring (bicyclic) bond motifs is 3. The summed E-state index contributed by atoms with van der Waals surface area (Å²) in [5.41, 5.74) is 5.48. The number of carbonyl (C=O) groups is 2. The van der Waals surface area contributed by atoms with Crippen LogP contribution < -0.4 is 0 Å². The van der Waals surface area contributed by atoms with Crippen LogP contribution in [0.15, 0.2) is 121 Å². The minimum absolute atomic E-state index is 0.158. The predicted octanol–water partition coefficient (Wildman–Crippen LogP) is 8.43. The van der Waals surface area contributed by atoms with Crippen LogP contribution in [-0.4, -0.2) is 11.6 Å². The first-order valence-corrected chi connectivity index (χ1v) is 12.6. The van der Waals surface area contributed by atoms with Gasteiger partial charge in [-0.2, -0.15) is 0 Å². The van der Waals surface area contributed by atoms with Crippen molar-refractivity contribution in [3.05, 3.63) is 149 Å². The Bertz CT molecular complexity index is 1820. The first-order valence-electron chi connectivity index (χ1n) is 12.6. The molecule has 0 saturated carbocycles. The lowest BCUT2D eigenvalue weighted by atomic mass is 9.88. The highest BCUT2D eigenvalue weighted by molar-refractivity contribution is 6.36. The average Bonchev–Trinajstić information content (AvgIpc) is 2.97. The summed E-state index contributed by atoms with van der Waals surface area (Å²) in [6, 6.07) is 35.1. The summed E-state index contributed by atoms with van der Waals surface area (Å²) >= 11 is 0. The van der Waals surface area contributed by atoms with E-state index in [0.29, 0.717) is 5.57 Å². The van der Waals surface area contributed by atoms with Gasteiger partial charge in [0.25, 0.3) is 0 Å². The van der Waals surface area contributed by atoms with Crippen LogP contribution in [0.4, 0.5) is 0 Å². The highest BCUT2D eigenvalue weighted by Crippen LogP contribution is 2.35. The van der Waals surface area contributed by atoms with Gasteiger partial charge < -0.3 is 0 Å². The lowest BCUT2D eigenvalue weighted by Gasteiger charge is -2.14. The van der Waals surface area contributed by atoms with Gasteiger partial charge in [0.05, 0.1) is 0 Å². The maximum Gasteiger partial charge on any atom is 0.186 e. The zero-order chi connectivity index (χ0) is 25.9. The van der Waals surface area contributed by atoms with E-state index < -0.39 is 0 Å². The van der Waals surface area contributed by atoms with Crippen LogP contribution in [0.25, 0.3) is 51.4 Å². The molecule has 5 aromatic carbocycles. The monoisotopic (exact) mass is 488 g/mol. The van der Waals surface area contributed by atoms with Crippen molar-refractivity contribution >= 4 is 63.0 Å². The van der Waals surface area contributed by atoms with Crippen molar-refractivity contribution in [1.29, 1.82) is 0 Å². The van der Waals surface area contributed by atoms with Gasteiger partial charge in [-0.1, -0.05) is 109 Å². The maximum atomic E-state index is 12.9. The van der Waals surface area contributed by atoms with E-state index in [0.717, 1.165) is 49.4 Å². The van der Waals surface area contributed by atoms with Crippen LogP contribution in [0.1, 0.15) is 27.8 Å². The number of benzene rings is 5. The number of ketones is 2. The number of allylic oxidation sites excluding steroid dienone is 4.